The molecule has 0 aliphatic carbocycles. The summed E-state index contributed by atoms with van der Waals surface area (Å²) in [6, 6.07) is -0.628. The molecule has 0 bridgehead atoms. The Morgan fingerprint density at radius 2 is 2.04 bits per heavy atom. The fraction of sp³-hybridized carbons (Fsp3) is 0.600. The molecule has 1 unspecified atom stereocenters. The van der Waals surface area contributed by atoms with Gasteiger partial charge in [0.1, 0.15) is 6.04 Å². The molecule has 0 aromatic carbocycles. The molecular formula is C15H21N5O3. The van der Waals surface area contributed by atoms with E-state index in [1.54, 1.807) is 29.0 Å². The van der Waals surface area contributed by atoms with Crippen LogP contribution in [0.2, 0.25) is 0 Å². The van der Waals surface area contributed by atoms with Crippen molar-refractivity contribution in [2.24, 2.45) is 7.05 Å². The van der Waals surface area contributed by atoms with Gasteiger partial charge in [-0.1, -0.05) is 20.8 Å². The normalized spacial score (nSPS) is 19.4. The van der Waals surface area contributed by atoms with Gasteiger partial charge in [0, 0.05) is 25.2 Å². The molecular weight excluding hydrogens is 298 g/mol. The maximum atomic E-state index is 12.8. The number of piperidine rings is 1. The maximum absolute atomic E-state index is 12.8. The summed E-state index contributed by atoms with van der Waals surface area (Å²) in [6.07, 6.45) is 4.79. The number of amides is 1. The monoisotopic (exact) mass is 319 g/mol. The maximum Gasteiger partial charge on any atom is 0.437 e. The number of aryl methyl sites for hydroxylation is 1. The number of carbonyl (C=O) groups excluding carboxylic acids is 1. The van der Waals surface area contributed by atoms with E-state index in [-0.39, 0.29) is 11.3 Å². The van der Waals surface area contributed by atoms with Gasteiger partial charge in [0.15, 0.2) is 0 Å². The van der Waals surface area contributed by atoms with Gasteiger partial charge in [-0.2, -0.15) is 9.78 Å². The van der Waals surface area contributed by atoms with E-state index < -0.39 is 11.8 Å². The summed E-state index contributed by atoms with van der Waals surface area (Å²) < 4.78 is 8.07. The Hall–Kier alpha value is -2.38. The van der Waals surface area contributed by atoms with Crippen LogP contribution in [0, 0.1) is 0 Å². The van der Waals surface area contributed by atoms with Gasteiger partial charge in [0.05, 0.1) is 11.9 Å². The predicted molar refractivity (Wildman–Crippen MR) is 83.3 cm³/mol. The van der Waals surface area contributed by atoms with Crippen molar-refractivity contribution in [2.45, 2.75) is 45.1 Å². The minimum atomic E-state index is -0.628. The molecule has 0 spiro atoms. The Labute approximate surface area is 133 Å². The second-order valence-electron chi connectivity index (χ2n) is 6.89. The molecule has 1 atom stereocenters. The van der Waals surface area contributed by atoms with Gasteiger partial charge in [0.25, 0.3) is 5.91 Å². The van der Waals surface area contributed by atoms with Crippen molar-refractivity contribution < 1.29 is 9.21 Å². The molecule has 0 N–H and O–H groups in total. The highest BCUT2D eigenvalue weighted by Gasteiger charge is 2.35. The molecule has 1 fully saturated rings. The van der Waals surface area contributed by atoms with E-state index in [2.05, 4.69) is 10.2 Å². The summed E-state index contributed by atoms with van der Waals surface area (Å²) >= 11 is 0. The van der Waals surface area contributed by atoms with Crippen LogP contribution < -0.4 is 10.7 Å². The molecule has 1 aliphatic rings. The predicted octanol–water partition coefficient (Wildman–Crippen LogP) is 1.24. The summed E-state index contributed by atoms with van der Waals surface area (Å²) in [6.45, 7) is 6.34. The third kappa shape index (κ3) is 2.80. The quantitative estimate of drug-likeness (QED) is 0.831. The van der Waals surface area contributed by atoms with E-state index in [0.29, 0.717) is 18.9 Å². The summed E-state index contributed by atoms with van der Waals surface area (Å²) in [4.78, 5) is 26.6. The van der Waals surface area contributed by atoms with Crippen LogP contribution in [0.25, 0.3) is 0 Å². The van der Waals surface area contributed by atoms with Gasteiger partial charge >= 0.3 is 5.76 Å². The fourth-order valence-corrected chi connectivity index (χ4v) is 2.68. The number of rotatable bonds is 2. The second-order valence-corrected chi connectivity index (χ2v) is 6.89. The molecule has 3 heterocycles. The SMILES string of the molecule is Cn1cc(N2CCCC(n3nc(C(C)(C)C)oc3=O)C2=O)cn1. The molecule has 1 saturated heterocycles. The van der Waals surface area contributed by atoms with Crippen molar-refractivity contribution in [3.8, 4) is 0 Å². The minimum Gasteiger partial charge on any atom is -0.392 e. The lowest BCUT2D eigenvalue weighted by atomic mass is 9.97. The first-order chi connectivity index (χ1) is 10.8. The van der Waals surface area contributed by atoms with E-state index in [9.17, 15) is 9.59 Å². The van der Waals surface area contributed by atoms with Crippen LogP contribution in [0.15, 0.2) is 21.6 Å². The Morgan fingerprint density at radius 1 is 1.30 bits per heavy atom. The fourth-order valence-electron chi connectivity index (χ4n) is 2.68. The van der Waals surface area contributed by atoms with Crippen LogP contribution in [0.4, 0.5) is 5.69 Å². The summed E-state index contributed by atoms with van der Waals surface area (Å²) in [5.74, 6) is -0.393. The van der Waals surface area contributed by atoms with E-state index in [1.165, 1.54) is 4.68 Å². The first-order valence-electron chi connectivity index (χ1n) is 7.67. The Kier molecular flexibility index (Phi) is 3.62. The highest BCUT2D eigenvalue weighted by molar-refractivity contribution is 5.96. The standard InChI is InChI=1S/C15H21N5O3/c1-15(2,3)13-17-20(14(22)23-13)11-6-5-7-19(12(11)21)10-8-16-18(4)9-10/h8-9,11H,5-7H2,1-4H3. The molecule has 0 saturated carbocycles. The number of aromatic nitrogens is 4. The van der Waals surface area contributed by atoms with Crippen LogP contribution in [0.5, 0.6) is 0 Å². The van der Waals surface area contributed by atoms with E-state index in [4.69, 9.17) is 4.42 Å². The smallest absolute Gasteiger partial charge is 0.392 e. The highest BCUT2D eigenvalue weighted by Crippen LogP contribution is 2.27. The number of hydrogen-bond donors (Lipinski definition) is 0. The topological polar surface area (TPSA) is 86.2 Å². The van der Waals surface area contributed by atoms with Crippen LogP contribution in [0.3, 0.4) is 0 Å². The van der Waals surface area contributed by atoms with Gasteiger partial charge in [-0.3, -0.25) is 9.48 Å². The molecule has 1 amide bonds. The summed E-state index contributed by atoms with van der Waals surface area (Å²) in [5, 5.41) is 8.36. The van der Waals surface area contributed by atoms with Gasteiger partial charge < -0.3 is 9.32 Å². The largest absolute Gasteiger partial charge is 0.437 e. The molecule has 8 nitrogen and oxygen atoms in total. The van der Waals surface area contributed by atoms with E-state index >= 15 is 0 Å². The zero-order valence-corrected chi connectivity index (χ0v) is 13.8. The number of hydrogen-bond acceptors (Lipinski definition) is 5. The average molecular weight is 319 g/mol. The molecule has 124 valence electrons. The van der Waals surface area contributed by atoms with Crippen molar-refractivity contribution in [1.82, 2.24) is 19.6 Å². The number of carbonyl (C=O) groups is 1. The van der Waals surface area contributed by atoms with Crippen LogP contribution in [0.1, 0.15) is 45.5 Å². The van der Waals surface area contributed by atoms with Crippen molar-refractivity contribution in [3.63, 3.8) is 0 Å². The van der Waals surface area contributed by atoms with Gasteiger partial charge in [0.2, 0.25) is 5.89 Å². The third-order valence-corrected chi connectivity index (χ3v) is 3.92. The van der Waals surface area contributed by atoms with Crippen LogP contribution >= 0.6 is 0 Å². The Bertz CT molecular complexity index is 780. The van der Waals surface area contributed by atoms with Crippen LogP contribution in [-0.4, -0.2) is 32.0 Å². The molecule has 2 aromatic rings. The molecule has 23 heavy (non-hydrogen) atoms. The average Bonchev–Trinajstić information content (AvgIpc) is 3.05. The zero-order valence-electron chi connectivity index (χ0n) is 13.8. The molecule has 8 heteroatoms. The molecule has 2 aromatic heterocycles. The lowest BCUT2D eigenvalue weighted by Gasteiger charge is -2.30. The molecule has 1 aliphatic heterocycles. The van der Waals surface area contributed by atoms with Gasteiger partial charge in [-0.05, 0) is 12.8 Å². The molecule has 3 rings (SSSR count). The zero-order chi connectivity index (χ0) is 16.8. The number of nitrogens with zero attached hydrogens (tertiary/aromatic N) is 5. The Morgan fingerprint density at radius 3 is 2.61 bits per heavy atom. The second kappa shape index (κ2) is 5.36. The molecule has 0 radical (unpaired) electrons. The van der Waals surface area contributed by atoms with Crippen molar-refractivity contribution in [2.75, 3.05) is 11.4 Å². The van der Waals surface area contributed by atoms with E-state index in [0.717, 1.165) is 12.1 Å². The Balaban J connectivity index is 1.93. The first kappa shape index (κ1) is 15.5. The van der Waals surface area contributed by atoms with Gasteiger partial charge in [-0.25, -0.2) is 4.79 Å². The number of anilines is 1. The van der Waals surface area contributed by atoms with Crippen molar-refractivity contribution >= 4 is 11.6 Å². The van der Waals surface area contributed by atoms with E-state index in [1.807, 2.05) is 20.8 Å². The van der Waals surface area contributed by atoms with Crippen molar-refractivity contribution in [1.29, 1.82) is 0 Å². The lowest BCUT2D eigenvalue weighted by molar-refractivity contribution is -0.123. The minimum absolute atomic E-state index is 0.153. The van der Waals surface area contributed by atoms with Gasteiger partial charge in [-0.15, -0.1) is 5.10 Å². The summed E-state index contributed by atoms with van der Waals surface area (Å²) in [7, 11) is 1.80. The lowest BCUT2D eigenvalue weighted by Crippen LogP contribution is -2.44. The first-order valence-corrected chi connectivity index (χ1v) is 7.67. The summed E-state index contributed by atoms with van der Waals surface area (Å²) in [5.41, 5.74) is 0.348. The van der Waals surface area contributed by atoms with Crippen molar-refractivity contribution in [3.05, 3.63) is 28.8 Å². The van der Waals surface area contributed by atoms with Crippen LogP contribution in [-0.2, 0) is 17.3 Å². The third-order valence-electron chi connectivity index (χ3n) is 3.92. The highest BCUT2D eigenvalue weighted by atomic mass is 16.4.